The highest BCUT2D eigenvalue weighted by Gasteiger charge is 2.41. The van der Waals surface area contributed by atoms with Crippen molar-refractivity contribution in [3.63, 3.8) is 0 Å². The van der Waals surface area contributed by atoms with Gasteiger partial charge in [0.15, 0.2) is 0 Å². The summed E-state index contributed by atoms with van der Waals surface area (Å²) in [6.45, 7) is 1.79. The van der Waals surface area contributed by atoms with E-state index >= 15 is 0 Å². The Balaban J connectivity index is 1.76. The molecule has 1 fully saturated rings. The molecule has 0 spiro atoms. The second-order valence-corrected chi connectivity index (χ2v) is 5.58. The molecule has 0 aliphatic carbocycles. The molecule has 2 aromatic rings. The minimum Gasteiger partial charge on any atom is -0.383 e. The van der Waals surface area contributed by atoms with E-state index < -0.39 is 0 Å². The quantitative estimate of drug-likeness (QED) is 0.768. The summed E-state index contributed by atoms with van der Waals surface area (Å²) in [6, 6.07) is 19.5. The van der Waals surface area contributed by atoms with Gasteiger partial charge in [-0.2, -0.15) is 0 Å². The molecular formula is C17H18ClNO. The second kappa shape index (κ2) is 5.96. The van der Waals surface area contributed by atoms with Crippen molar-refractivity contribution in [1.82, 2.24) is 4.90 Å². The lowest BCUT2D eigenvalue weighted by molar-refractivity contribution is 0.139. The normalized spacial score (nSPS) is 22.5. The molecule has 1 aliphatic heterocycles. The van der Waals surface area contributed by atoms with E-state index in [-0.39, 0.29) is 0 Å². The van der Waals surface area contributed by atoms with Gasteiger partial charge in [0.25, 0.3) is 0 Å². The third-order valence-corrected chi connectivity index (χ3v) is 4.07. The Bertz CT molecular complexity index is 555. The molecule has 0 aromatic heterocycles. The zero-order valence-electron chi connectivity index (χ0n) is 11.5. The first-order valence-corrected chi connectivity index (χ1v) is 7.22. The van der Waals surface area contributed by atoms with Crippen LogP contribution in [0.4, 0.5) is 0 Å². The Morgan fingerprint density at radius 1 is 1.15 bits per heavy atom. The fourth-order valence-electron chi connectivity index (χ4n) is 2.70. The van der Waals surface area contributed by atoms with Gasteiger partial charge < -0.3 is 4.74 Å². The van der Waals surface area contributed by atoms with Crippen LogP contribution in [0.3, 0.4) is 0 Å². The smallest absolute Gasteiger partial charge is 0.0660 e. The van der Waals surface area contributed by atoms with E-state index in [0.717, 1.165) is 11.6 Å². The zero-order chi connectivity index (χ0) is 13.9. The van der Waals surface area contributed by atoms with Crippen LogP contribution in [0.15, 0.2) is 54.6 Å². The summed E-state index contributed by atoms with van der Waals surface area (Å²) in [4.78, 5) is 2.46. The van der Waals surface area contributed by atoms with Crippen LogP contribution >= 0.6 is 11.6 Å². The number of nitrogens with zero attached hydrogens (tertiary/aromatic N) is 1. The van der Waals surface area contributed by atoms with Crippen LogP contribution in [0.25, 0.3) is 0 Å². The van der Waals surface area contributed by atoms with E-state index in [9.17, 15) is 0 Å². The van der Waals surface area contributed by atoms with Crippen LogP contribution in [0.1, 0.15) is 23.2 Å². The lowest BCUT2D eigenvalue weighted by Gasteiger charge is -2.19. The van der Waals surface area contributed by atoms with Crippen molar-refractivity contribution in [2.45, 2.75) is 12.1 Å². The van der Waals surface area contributed by atoms with Gasteiger partial charge in [-0.3, -0.25) is 4.90 Å². The molecule has 1 heterocycles. The SMILES string of the molecule is COC[C@@H](c1ccccc1)N1C[C@@H]1c1ccc(Cl)cc1. The van der Waals surface area contributed by atoms with E-state index in [1.54, 1.807) is 7.11 Å². The van der Waals surface area contributed by atoms with Gasteiger partial charge in [0.1, 0.15) is 0 Å². The summed E-state index contributed by atoms with van der Waals surface area (Å²) in [6.07, 6.45) is 0. The number of halogens is 1. The average Bonchev–Trinajstić information content (AvgIpc) is 3.27. The maximum absolute atomic E-state index is 5.95. The van der Waals surface area contributed by atoms with Crippen LogP contribution in [0, 0.1) is 0 Å². The molecule has 3 rings (SSSR count). The molecule has 1 saturated heterocycles. The minimum atomic E-state index is 0.321. The topological polar surface area (TPSA) is 12.2 Å². The monoisotopic (exact) mass is 287 g/mol. The van der Waals surface area contributed by atoms with Gasteiger partial charge in [0.05, 0.1) is 12.6 Å². The van der Waals surface area contributed by atoms with Gasteiger partial charge in [0, 0.05) is 24.7 Å². The molecule has 1 unspecified atom stereocenters. The molecule has 2 nitrogen and oxygen atoms in total. The molecule has 2 aromatic carbocycles. The minimum absolute atomic E-state index is 0.321. The number of ether oxygens (including phenoxy) is 1. The summed E-state index contributed by atoms with van der Waals surface area (Å²) in [5, 5.41) is 0.789. The van der Waals surface area contributed by atoms with Crippen LogP contribution in [-0.4, -0.2) is 25.2 Å². The van der Waals surface area contributed by atoms with E-state index in [2.05, 4.69) is 41.3 Å². The predicted octanol–water partition coefficient (Wildman–Crippen LogP) is 4.08. The highest BCUT2D eigenvalue weighted by atomic mass is 35.5. The Labute approximate surface area is 124 Å². The molecule has 1 aliphatic rings. The highest BCUT2D eigenvalue weighted by molar-refractivity contribution is 6.30. The maximum atomic E-state index is 5.95. The van der Waals surface area contributed by atoms with Crippen molar-refractivity contribution < 1.29 is 4.74 Å². The lowest BCUT2D eigenvalue weighted by Crippen LogP contribution is -2.16. The van der Waals surface area contributed by atoms with Gasteiger partial charge in [-0.1, -0.05) is 54.1 Å². The second-order valence-electron chi connectivity index (χ2n) is 5.15. The van der Waals surface area contributed by atoms with Gasteiger partial charge in [0.2, 0.25) is 0 Å². The van der Waals surface area contributed by atoms with Gasteiger partial charge >= 0.3 is 0 Å². The molecule has 3 heteroatoms. The van der Waals surface area contributed by atoms with Gasteiger partial charge in [-0.05, 0) is 23.3 Å². The Morgan fingerprint density at radius 3 is 2.50 bits per heavy atom. The molecular weight excluding hydrogens is 270 g/mol. The third kappa shape index (κ3) is 2.88. The Kier molecular flexibility index (Phi) is 4.06. The molecule has 3 atom stereocenters. The van der Waals surface area contributed by atoms with Crippen LogP contribution in [-0.2, 0) is 4.74 Å². The molecule has 0 bridgehead atoms. The number of benzene rings is 2. The van der Waals surface area contributed by atoms with Crippen molar-refractivity contribution >= 4 is 11.6 Å². The fourth-order valence-corrected chi connectivity index (χ4v) is 2.82. The summed E-state index contributed by atoms with van der Waals surface area (Å²) in [5.74, 6) is 0. The van der Waals surface area contributed by atoms with Crippen molar-refractivity contribution in [3.05, 3.63) is 70.7 Å². The number of methoxy groups -OCH3 is 1. The van der Waals surface area contributed by atoms with Gasteiger partial charge in [-0.25, -0.2) is 0 Å². The molecule has 104 valence electrons. The zero-order valence-corrected chi connectivity index (χ0v) is 12.3. The first kappa shape index (κ1) is 13.6. The lowest BCUT2D eigenvalue weighted by atomic mass is 10.1. The van der Waals surface area contributed by atoms with Gasteiger partial charge in [-0.15, -0.1) is 0 Å². The molecule has 0 N–H and O–H groups in total. The third-order valence-electron chi connectivity index (χ3n) is 3.81. The Hall–Kier alpha value is -1.35. The van der Waals surface area contributed by atoms with E-state index in [1.165, 1.54) is 11.1 Å². The van der Waals surface area contributed by atoms with Crippen molar-refractivity contribution in [2.75, 3.05) is 20.3 Å². The van der Waals surface area contributed by atoms with Crippen LogP contribution < -0.4 is 0 Å². The van der Waals surface area contributed by atoms with Crippen molar-refractivity contribution in [2.24, 2.45) is 0 Å². The van der Waals surface area contributed by atoms with E-state index in [4.69, 9.17) is 16.3 Å². The van der Waals surface area contributed by atoms with Crippen molar-refractivity contribution in [3.8, 4) is 0 Å². The summed E-state index contributed by atoms with van der Waals surface area (Å²) >= 11 is 5.95. The molecule has 0 amide bonds. The average molecular weight is 288 g/mol. The maximum Gasteiger partial charge on any atom is 0.0660 e. The summed E-state index contributed by atoms with van der Waals surface area (Å²) in [5.41, 5.74) is 2.64. The first-order valence-electron chi connectivity index (χ1n) is 6.84. The first-order chi connectivity index (χ1) is 9.79. The van der Waals surface area contributed by atoms with E-state index in [0.29, 0.717) is 18.7 Å². The summed E-state index contributed by atoms with van der Waals surface area (Å²) < 4.78 is 5.40. The molecule has 0 radical (unpaired) electrons. The number of rotatable bonds is 5. The fraction of sp³-hybridized carbons (Fsp3) is 0.294. The van der Waals surface area contributed by atoms with E-state index in [1.807, 2.05) is 18.2 Å². The van der Waals surface area contributed by atoms with Crippen LogP contribution in [0.5, 0.6) is 0 Å². The molecule has 20 heavy (non-hydrogen) atoms. The highest BCUT2D eigenvalue weighted by Crippen LogP contribution is 2.42. The molecule has 0 saturated carbocycles. The summed E-state index contributed by atoms with van der Waals surface area (Å²) in [7, 11) is 1.76. The predicted molar refractivity (Wildman–Crippen MR) is 82.0 cm³/mol. The largest absolute Gasteiger partial charge is 0.383 e. The van der Waals surface area contributed by atoms with Crippen LogP contribution in [0.2, 0.25) is 5.02 Å². The standard InChI is InChI=1S/C17H18ClNO/c1-20-12-17(13-5-3-2-4-6-13)19-11-16(19)14-7-9-15(18)10-8-14/h2-10,16-17H,11-12H2,1H3/t16-,17+,19?/m1/s1. The van der Waals surface area contributed by atoms with Crippen molar-refractivity contribution in [1.29, 1.82) is 0 Å². The number of hydrogen-bond donors (Lipinski definition) is 0. The number of hydrogen-bond acceptors (Lipinski definition) is 2. The Morgan fingerprint density at radius 2 is 1.85 bits per heavy atom.